The van der Waals surface area contributed by atoms with Gasteiger partial charge in [-0.3, -0.25) is 0 Å². The van der Waals surface area contributed by atoms with E-state index in [9.17, 15) is 0 Å². The van der Waals surface area contributed by atoms with Crippen LogP contribution in [0.25, 0.3) is 0 Å². The minimum Gasteiger partial charge on any atom is -0.392 e. The quantitative estimate of drug-likeness (QED) is 0.327. The molecular formula is C18H36O. The Bertz CT molecular complexity index is 206. The van der Waals surface area contributed by atoms with Gasteiger partial charge in [-0.2, -0.15) is 0 Å². The first-order valence-electron chi connectivity index (χ1n) is 8.43. The van der Waals surface area contributed by atoms with Gasteiger partial charge in [-0.15, -0.1) is 0 Å². The highest BCUT2D eigenvalue weighted by Gasteiger charge is 1.96. The summed E-state index contributed by atoms with van der Waals surface area (Å²) < 4.78 is 0. The molecule has 0 saturated carbocycles. The summed E-state index contributed by atoms with van der Waals surface area (Å²) in [6.07, 6.45) is 17.1. The topological polar surface area (TPSA) is 20.2 Å². The summed E-state index contributed by atoms with van der Waals surface area (Å²) in [6.45, 7) is 6.95. The van der Waals surface area contributed by atoms with Crippen LogP contribution in [0.1, 0.15) is 91.4 Å². The highest BCUT2D eigenvalue weighted by Crippen LogP contribution is 2.14. The predicted molar refractivity (Wildman–Crippen MR) is 86.5 cm³/mol. The molecule has 0 unspecified atom stereocenters. The maximum atomic E-state index is 8.75. The molecular weight excluding hydrogens is 232 g/mol. The van der Waals surface area contributed by atoms with Gasteiger partial charge in [-0.1, -0.05) is 83.3 Å². The molecule has 0 fully saturated rings. The number of aliphatic hydroxyl groups excluding tert-OH is 1. The third kappa shape index (κ3) is 15.6. The van der Waals surface area contributed by atoms with E-state index in [0.717, 1.165) is 12.3 Å². The minimum absolute atomic E-state index is 0.197. The second-order valence-electron chi connectivity index (χ2n) is 6.35. The number of aliphatic hydroxyl groups is 1. The van der Waals surface area contributed by atoms with Crippen LogP contribution in [0.15, 0.2) is 11.6 Å². The molecule has 19 heavy (non-hydrogen) atoms. The number of rotatable bonds is 13. The van der Waals surface area contributed by atoms with Crippen LogP contribution >= 0.6 is 0 Å². The van der Waals surface area contributed by atoms with E-state index in [1.165, 1.54) is 69.8 Å². The molecule has 0 aliphatic rings. The van der Waals surface area contributed by atoms with Crippen molar-refractivity contribution in [2.24, 2.45) is 5.92 Å². The zero-order valence-corrected chi connectivity index (χ0v) is 13.6. The van der Waals surface area contributed by atoms with Gasteiger partial charge in [0.2, 0.25) is 0 Å². The van der Waals surface area contributed by atoms with Gasteiger partial charge in [0.15, 0.2) is 0 Å². The van der Waals surface area contributed by atoms with Gasteiger partial charge in [0, 0.05) is 0 Å². The standard InChI is InChI=1S/C18H36O/c1-17(2)13-11-9-7-5-4-6-8-10-12-14-18(3)15-16-19/h15,17,19H,4-14,16H2,1-3H3/b18-15+. The Morgan fingerprint density at radius 1 is 0.842 bits per heavy atom. The van der Waals surface area contributed by atoms with Gasteiger partial charge in [0.25, 0.3) is 0 Å². The number of hydrogen-bond donors (Lipinski definition) is 1. The van der Waals surface area contributed by atoms with Gasteiger partial charge in [0.05, 0.1) is 6.61 Å². The molecule has 114 valence electrons. The van der Waals surface area contributed by atoms with Crippen LogP contribution in [0.4, 0.5) is 0 Å². The van der Waals surface area contributed by atoms with Crippen LogP contribution in [0.3, 0.4) is 0 Å². The molecule has 0 atom stereocenters. The lowest BCUT2D eigenvalue weighted by Gasteiger charge is -2.05. The van der Waals surface area contributed by atoms with Crippen molar-refractivity contribution < 1.29 is 5.11 Å². The van der Waals surface area contributed by atoms with Crippen molar-refractivity contribution in [2.75, 3.05) is 6.61 Å². The molecule has 0 saturated heterocycles. The van der Waals surface area contributed by atoms with Gasteiger partial charge in [0.1, 0.15) is 0 Å². The second-order valence-corrected chi connectivity index (χ2v) is 6.35. The average Bonchev–Trinajstić information content (AvgIpc) is 2.36. The molecule has 0 spiro atoms. The van der Waals surface area contributed by atoms with Crippen LogP contribution in [-0.4, -0.2) is 11.7 Å². The van der Waals surface area contributed by atoms with Crippen LogP contribution in [-0.2, 0) is 0 Å². The molecule has 0 heterocycles. The van der Waals surface area contributed by atoms with Gasteiger partial charge >= 0.3 is 0 Å². The summed E-state index contributed by atoms with van der Waals surface area (Å²) in [5.41, 5.74) is 1.34. The summed E-state index contributed by atoms with van der Waals surface area (Å²) in [6, 6.07) is 0. The molecule has 1 heteroatoms. The van der Waals surface area contributed by atoms with Gasteiger partial charge in [-0.25, -0.2) is 0 Å². The summed E-state index contributed by atoms with van der Waals surface area (Å²) in [5, 5.41) is 8.75. The van der Waals surface area contributed by atoms with Crippen molar-refractivity contribution in [3.63, 3.8) is 0 Å². The SMILES string of the molecule is C/C(=C\CO)CCCCCCCCCCCC(C)C. The zero-order valence-electron chi connectivity index (χ0n) is 13.6. The van der Waals surface area contributed by atoms with Crippen molar-refractivity contribution in [1.82, 2.24) is 0 Å². The summed E-state index contributed by atoms with van der Waals surface area (Å²) >= 11 is 0. The van der Waals surface area contributed by atoms with Crippen LogP contribution in [0.5, 0.6) is 0 Å². The van der Waals surface area contributed by atoms with Crippen molar-refractivity contribution in [3.8, 4) is 0 Å². The lowest BCUT2D eigenvalue weighted by atomic mass is 10.0. The molecule has 0 aliphatic heterocycles. The summed E-state index contributed by atoms with van der Waals surface area (Å²) in [7, 11) is 0. The fourth-order valence-corrected chi connectivity index (χ4v) is 2.45. The second kappa shape index (κ2) is 14.1. The van der Waals surface area contributed by atoms with Gasteiger partial charge in [-0.05, 0) is 25.7 Å². The maximum absolute atomic E-state index is 8.75. The van der Waals surface area contributed by atoms with E-state index in [-0.39, 0.29) is 6.61 Å². The highest BCUT2D eigenvalue weighted by atomic mass is 16.2. The van der Waals surface area contributed by atoms with Crippen molar-refractivity contribution in [1.29, 1.82) is 0 Å². The molecule has 0 radical (unpaired) electrons. The molecule has 0 aromatic rings. The summed E-state index contributed by atoms with van der Waals surface area (Å²) in [4.78, 5) is 0. The van der Waals surface area contributed by atoms with E-state index in [0.29, 0.717) is 0 Å². The zero-order chi connectivity index (χ0) is 14.3. The predicted octanol–water partition coefficient (Wildman–Crippen LogP) is 5.87. The Kier molecular flexibility index (Phi) is 13.9. The lowest BCUT2D eigenvalue weighted by Crippen LogP contribution is -1.87. The molecule has 1 nitrogen and oxygen atoms in total. The molecule has 1 N–H and O–H groups in total. The Labute approximate surface area is 121 Å². The Balaban J connectivity index is 3.09. The molecule has 0 bridgehead atoms. The Morgan fingerprint density at radius 2 is 1.32 bits per heavy atom. The van der Waals surface area contributed by atoms with E-state index in [4.69, 9.17) is 5.11 Å². The molecule has 0 aromatic carbocycles. The van der Waals surface area contributed by atoms with E-state index in [1.54, 1.807) is 0 Å². The van der Waals surface area contributed by atoms with E-state index in [1.807, 2.05) is 6.08 Å². The fourth-order valence-electron chi connectivity index (χ4n) is 2.45. The van der Waals surface area contributed by atoms with E-state index in [2.05, 4.69) is 20.8 Å². The van der Waals surface area contributed by atoms with Crippen molar-refractivity contribution in [2.45, 2.75) is 91.4 Å². The molecule has 0 amide bonds. The highest BCUT2D eigenvalue weighted by molar-refractivity contribution is 4.97. The first-order chi connectivity index (χ1) is 9.16. The largest absolute Gasteiger partial charge is 0.392 e. The summed E-state index contributed by atoms with van der Waals surface area (Å²) in [5.74, 6) is 0.878. The third-order valence-electron chi connectivity index (χ3n) is 3.79. The maximum Gasteiger partial charge on any atom is 0.0614 e. The normalized spacial score (nSPS) is 12.4. The average molecular weight is 268 g/mol. The Hall–Kier alpha value is -0.300. The number of allylic oxidation sites excluding steroid dienone is 1. The first kappa shape index (κ1) is 18.7. The third-order valence-corrected chi connectivity index (χ3v) is 3.79. The fraction of sp³-hybridized carbons (Fsp3) is 0.889. The molecule has 0 aliphatic carbocycles. The smallest absolute Gasteiger partial charge is 0.0614 e. The van der Waals surface area contributed by atoms with Crippen LogP contribution in [0, 0.1) is 5.92 Å². The minimum atomic E-state index is 0.197. The Morgan fingerprint density at radius 3 is 1.79 bits per heavy atom. The monoisotopic (exact) mass is 268 g/mol. The number of unbranched alkanes of at least 4 members (excludes halogenated alkanes) is 8. The van der Waals surface area contributed by atoms with Gasteiger partial charge < -0.3 is 5.11 Å². The van der Waals surface area contributed by atoms with Crippen molar-refractivity contribution >= 4 is 0 Å². The van der Waals surface area contributed by atoms with E-state index < -0.39 is 0 Å². The van der Waals surface area contributed by atoms with Crippen molar-refractivity contribution in [3.05, 3.63) is 11.6 Å². The number of hydrogen-bond acceptors (Lipinski definition) is 1. The first-order valence-corrected chi connectivity index (χ1v) is 8.43. The molecule has 0 rings (SSSR count). The molecule has 0 aromatic heterocycles. The van der Waals surface area contributed by atoms with E-state index >= 15 is 0 Å². The van der Waals surface area contributed by atoms with Crippen LogP contribution < -0.4 is 0 Å². The lowest BCUT2D eigenvalue weighted by molar-refractivity contribution is 0.341. The van der Waals surface area contributed by atoms with Crippen LogP contribution in [0.2, 0.25) is 0 Å².